The van der Waals surface area contributed by atoms with Gasteiger partial charge in [-0.2, -0.15) is 13.2 Å². The van der Waals surface area contributed by atoms with Crippen LogP contribution < -0.4 is 11.1 Å². The molecule has 0 fully saturated rings. The van der Waals surface area contributed by atoms with Gasteiger partial charge in [0.25, 0.3) is 0 Å². The number of hydrogen-bond acceptors (Lipinski definition) is 4. The summed E-state index contributed by atoms with van der Waals surface area (Å²) in [5.74, 6) is 0. The lowest BCUT2D eigenvalue weighted by Gasteiger charge is -2.17. The van der Waals surface area contributed by atoms with E-state index in [1.807, 2.05) is 0 Å². The molecule has 4 aromatic rings. The maximum absolute atomic E-state index is 13.6. The molecule has 0 saturated carbocycles. The van der Waals surface area contributed by atoms with E-state index in [-0.39, 0.29) is 29.0 Å². The number of H-pyrrole nitrogens is 1. The van der Waals surface area contributed by atoms with E-state index in [0.29, 0.717) is 5.56 Å². The Hall–Kier alpha value is -3.66. The number of aliphatic hydroxyl groups excluding tert-OH is 1. The Morgan fingerprint density at radius 2 is 1.93 bits per heavy atom. The average molecular weight is 402 g/mol. The van der Waals surface area contributed by atoms with E-state index in [9.17, 15) is 27.9 Å². The van der Waals surface area contributed by atoms with Gasteiger partial charge in [-0.05, 0) is 29.8 Å². The second-order valence-corrected chi connectivity index (χ2v) is 6.28. The Morgan fingerprint density at radius 3 is 2.59 bits per heavy atom. The average Bonchev–Trinajstić information content (AvgIpc) is 3.22. The molecule has 0 aliphatic carbocycles. The van der Waals surface area contributed by atoms with Crippen LogP contribution in [0.4, 0.5) is 13.2 Å². The highest BCUT2D eigenvalue weighted by atomic mass is 19.4. The van der Waals surface area contributed by atoms with E-state index < -0.39 is 22.9 Å². The van der Waals surface area contributed by atoms with Crippen molar-refractivity contribution in [2.75, 3.05) is 0 Å². The minimum absolute atomic E-state index is 0.0707. The number of imidazole rings is 1. The Kier molecular flexibility index (Phi) is 4.35. The summed E-state index contributed by atoms with van der Waals surface area (Å²) in [6.45, 7) is -0.303. The first-order valence-corrected chi connectivity index (χ1v) is 8.38. The van der Waals surface area contributed by atoms with Crippen molar-refractivity contribution in [3.05, 3.63) is 87.0 Å². The third-order valence-corrected chi connectivity index (χ3v) is 4.44. The fraction of sp³-hybridized carbons (Fsp3) is 0.105. The lowest BCUT2D eigenvalue weighted by molar-refractivity contribution is -0.137. The predicted octanol–water partition coefficient (Wildman–Crippen LogP) is 2.38. The number of aliphatic hydroxyl groups is 1. The third kappa shape index (κ3) is 3.23. The molecule has 0 bridgehead atoms. The molecule has 2 aromatic heterocycles. The number of aromatic amines is 1. The number of fused-ring (bicyclic) bond motifs is 1. The van der Waals surface area contributed by atoms with E-state index in [1.165, 1.54) is 41.5 Å². The zero-order valence-electron chi connectivity index (χ0n) is 14.6. The summed E-state index contributed by atoms with van der Waals surface area (Å²) in [4.78, 5) is 30.7. The van der Waals surface area contributed by atoms with Crippen LogP contribution in [0.1, 0.15) is 11.1 Å². The summed E-state index contributed by atoms with van der Waals surface area (Å²) >= 11 is 0. The van der Waals surface area contributed by atoms with Crippen LogP contribution in [0.5, 0.6) is 0 Å². The molecule has 10 heteroatoms. The van der Waals surface area contributed by atoms with Crippen molar-refractivity contribution < 1.29 is 18.3 Å². The van der Waals surface area contributed by atoms with Crippen LogP contribution in [-0.2, 0) is 12.8 Å². The molecular weight excluding hydrogens is 389 g/mol. The van der Waals surface area contributed by atoms with E-state index in [2.05, 4.69) is 9.97 Å². The Morgan fingerprint density at radius 1 is 1.14 bits per heavy atom. The van der Waals surface area contributed by atoms with Crippen molar-refractivity contribution in [2.24, 2.45) is 0 Å². The van der Waals surface area contributed by atoms with Crippen LogP contribution in [0.25, 0.3) is 22.4 Å². The summed E-state index contributed by atoms with van der Waals surface area (Å²) in [6.07, 6.45) is -0.828. The van der Waals surface area contributed by atoms with Gasteiger partial charge >= 0.3 is 17.3 Å². The van der Waals surface area contributed by atoms with E-state index in [0.717, 1.165) is 10.6 Å². The SMILES string of the molecule is O=c1[nH]c2cc(C(F)(F)F)c(-n3ccnc3)cc2n(-c2cccc(CO)c2)c1=O. The Labute approximate surface area is 160 Å². The van der Waals surface area contributed by atoms with Crippen molar-refractivity contribution in [2.45, 2.75) is 12.8 Å². The topological polar surface area (TPSA) is 92.9 Å². The number of hydrogen-bond donors (Lipinski definition) is 2. The molecule has 2 aromatic carbocycles. The van der Waals surface area contributed by atoms with Gasteiger partial charge in [0, 0.05) is 18.1 Å². The van der Waals surface area contributed by atoms with E-state index >= 15 is 0 Å². The van der Waals surface area contributed by atoms with Gasteiger partial charge in [-0.1, -0.05) is 12.1 Å². The van der Waals surface area contributed by atoms with Crippen LogP contribution in [0.3, 0.4) is 0 Å². The monoisotopic (exact) mass is 402 g/mol. The predicted molar refractivity (Wildman–Crippen MR) is 98.2 cm³/mol. The van der Waals surface area contributed by atoms with Crippen molar-refractivity contribution in [3.63, 3.8) is 0 Å². The van der Waals surface area contributed by atoms with Gasteiger partial charge in [0.1, 0.15) is 0 Å². The van der Waals surface area contributed by atoms with Gasteiger partial charge in [0.15, 0.2) is 0 Å². The largest absolute Gasteiger partial charge is 0.418 e. The first kappa shape index (κ1) is 18.7. The molecule has 0 saturated heterocycles. The number of aromatic nitrogens is 4. The van der Waals surface area contributed by atoms with Gasteiger partial charge in [0.2, 0.25) is 0 Å². The summed E-state index contributed by atoms with van der Waals surface area (Å²) in [7, 11) is 0. The molecule has 0 spiro atoms. The van der Waals surface area contributed by atoms with E-state index in [4.69, 9.17) is 0 Å². The van der Waals surface area contributed by atoms with Gasteiger partial charge in [0.05, 0.1) is 35.2 Å². The number of nitrogens with zero attached hydrogens (tertiary/aromatic N) is 3. The van der Waals surface area contributed by atoms with Crippen molar-refractivity contribution in [1.29, 1.82) is 0 Å². The Bertz CT molecular complexity index is 1320. The molecule has 0 unspecified atom stereocenters. The van der Waals surface area contributed by atoms with Gasteiger partial charge < -0.3 is 14.7 Å². The highest BCUT2D eigenvalue weighted by molar-refractivity contribution is 5.81. The standard InChI is InChI=1S/C19H13F3N4O3/c20-19(21,22)13-7-14-16(8-15(13)25-5-4-23-10-25)26(18(29)17(28)24-14)12-3-1-2-11(6-12)9-27/h1-8,10,27H,9H2,(H,24,28). The second-order valence-electron chi connectivity index (χ2n) is 6.28. The first-order chi connectivity index (χ1) is 13.8. The second kappa shape index (κ2) is 6.74. The van der Waals surface area contributed by atoms with Crippen molar-refractivity contribution in [3.8, 4) is 11.4 Å². The van der Waals surface area contributed by atoms with Crippen LogP contribution in [-0.4, -0.2) is 24.2 Å². The minimum atomic E-state index is -4.71. The molecule has 0 aliphatic heterocycles. The zero-order valence-corrected chi connectivity index (χ0v) is 14.6. The fourth-order valence-corrected chi connectivity index (χ4v) is 3.14. The molecule has 2 heterocycles. The van der Waals surface area contributed by atoms with Crippen LogP contribution in [0.2, 0.25) is 0 Å². The molecule has 2 N–H and O–H groups in total. The lowest BCUT2D eigenvalue weighted by Crippen LogP contribution is -2.35. The third-order valence-electron chi connectivity index (χ3n) is 4.44. The summed E-state index contributed by atoms with van der Waals surface area (Å²) < 4.78 is 43.1. The smallest absolute Gasteiger partial charge is 0.392 e. The minimum Gasteiger partial charge on any atom is -0.392 e. The zero-order chi connectivity index (χ0) is 20.8. The lowest BCUT2D eigenvalue weighted by atomic mass is 10.1. The normalized spacial score (nSPS) is 11.9. The summed E-state index contributed by atoms with van der Waals surface area (Å²) in [5, 5.41) is 9.35. The van der Waals surface area contributed by atoms with Gasteiger partial charge in [-0.3, -0.25) is 14.2 Å². The van der Waals surface area contributed by atoms with Crippen molar-refractivity contribution in [1.82, 2.24) is 19.1 Å². The maximum atomic E-state index is 13.6. The molecule has 0 radical (unpaired) electrons. The highest BCUT2D eigenvalue weighted by Crippen LogP contribution is 2.36. The number of alkyl halides is 3. The summed E-state index contributed by atoms with van der Waals surface area (Å²) in [6, 6.07) is 8.15. The molecule has 4 rings (SSSR count). The van der Waals surface area contributed by atoms with Crippen LogP contribution >= 0.6 is 0 Å². The summed E-state index contributed by atoms with van der Waals surface area (Å²) in [5.41, 5.74) is -2.62. The van der Waals surface area contributed by atoms with Crippen LogP contribution in [0.15, 0.2) is 64.7 Å². The number of benzene rings is 2. The number of rotatable bonds is 3. The quantitative estimate of drug-likeness (QED) is 0.515. The molecular formula is C19H13F3N4O3. The highest BCUT2D eigenvalue weighted by Gasteiger charge is 2.35. The molecule has 148 valence electrons. The molecule has 0 aliphatic rings. The van der Waals surface area contributed by atoms with Gasteiger partial charge in [-0.25, -0.2) is 4.98 Å². The molecule has 29 heavy (non-hydrogen) atoms. The number of nitrogens with one attached hydrogen (secondary N) is 1. The van der Waals surface area contributed by atoms with Crippen LogP contribution in [0, 0.1) is 0 Å². The molecule has 0 amide bonds. The van der Waals surface area contributed by atoms with Gasteiger partial charge in [-0.15, -0.1) is 0 Å². The van der Waals surface area contributed by atoms with Crippen molar-refractivity contribution >= 4 is 11.0 Å². The first-order valence-electron chi connectivity index (χ1n) is 8.38. The maximum Gasteiger partial charge on any atom is 0.418 e. The van der Waals surface area contributed by atoms with E-state index in [1.54, 1.807) is 12.1 Å². The Balaban J connectivity index is 2.14. The molecule has 0 atom stereocenters. The molecule has 7 nitrogen and oxygen atoms in total. The number of halogens is 3. The fourth-order valence-electron chi connectivity index (χ4n) is 3.14.